The van der Waals surface area contributed by atoms with Gasteiger partial charge in [-0.15, -0.1) is 0 Å². The van der Waals surface area contributed by atoms with Crippen molar-refractivity contribution < 1.29 is 9.90 Å². The lowest BCUT2D eigenvalue weighted by Gasteiger charge is -2.20. The summed E-state index contributed by atoms with van der Waals surface area (Å²) >= 11 is 0. The predicted octanol–water partition coefficient (Wildman–Crippen LogP) is 3.20. The number of rotatable bonds is 6. The summed E-state index contributed by atoms with van der Waals surface area (Å²) in [5.41, 5.74) is 2.93. The van der Waals surface area contributed by atoms with Gasteiger partial charge < -0.3 is 10.0 Å². The van der Waals surface area contributed by atoms with E-state index < -0.39 is 0 Å². The Morgan fingerprint density at radius 3 is 2.19 bits per heavy atom. The maximum atomic E-state index is 12.4. The van der Waals surface area contributed by atoms with E-state index in [9.17, 15) is 4.79 Å². The van der Waals surface area contributed by atoms with Gasteiger partial charge in [-0.2, -0.15) is 0 Å². The molecule has 2 aromatic carbocycles. The molecule has 0 atom stereocenters. The molecule has 21 heavy (non-hydrogen) atoms. The zero-order chi connectivity index (χ0) is 15.1. The normalized spacial score (nSPS) is 10.4. The fourth-order valence-electron chi connectivity index (χ4n) is 2.28. The van der Waals surface area contributed by atoms with Gasteiger partial charge in [0.1, 0.15) is 0 Å². The second-order valence-electron chi connectivity index (χ2n) is 4.91. The zero-order valence-electron chi connectivity index (χ0n) is 12.3. The Hall–Kier alpha value is -2.13. The van der Waals surface area contributed by atoms with Crippen LogP contribution in [0.25, 0.3) is 11.1 Å². The minimum Gasteiger partial charge on any atom is -0.396 e. The van der Waals surface area contributed by atoms with Gasteiger partial charge in [0.2, 0.25) is 0 Å². The molecule has 0 aliphatic carbocycles. The number of nitrogens with zero attached hydrogens (tertiary/aromatic N) is 1. The molecule has 1 amide bonds. The monoisotopic (exact) mass is 283 g/mol. The van der Waals surface area contributed by atoms with Gasteiger partial charge in [0, 0.05) is 25.3 Å². The van der Waals surface area contributed by atoms with Crippen LogP contribution in [0.1, 0.15) is 23.7 Å². The van der Waals surface area contributed by atoms with E-state index in [4.69, 9.17) is 5.11 Å². The molecule has 0 aliphatic heterocycles. The van der Waals surface area contributed by atoms with Crippen LogP contribution in [0.5, 0.6) is 0 Å². The molecule has 0 heterocycles. The largest absolute Gasteiger partial charge is 0.396 e. The molecule has 1 N–H and O–H groups in total. The van der Waals surface area contributed by atoms with Crippen molar-refractivity contribution in [1.82, 2.24) is 4.90 Å². The van der Waals surface area contributed by atoms with Crippen LogP contribution in [-0.4, -0.2) is 35.6 Å². The summed E-state index contributed by atoms with van der Waals surface area (Å²) < 4.78 is 0. The number of carbonyl (C=O) groups is 1. The molecule has 2 aromatic rings. The molecule has 0 radical (unpaired) electrons. The molecule has 0 saturated heterocycles. The lowest BCUT2D eigenvalue weighted by atomic mass is 10.0. The Labute approximate surface area is 125 Å². The zero-order valence-corrected chi connectivity index (χ0v) is 12.3. The van der Waals surface area contributed by atoms with Crippen molar-refractivity contribution in [3.8, 4) is 11.1 Å². The number of aliphatic hydroxyl groups is 1. The Morgan fingerprint density at radius 1 is 1.00 bits per heavy atom. The van der Waals surface area contributed by atoms with Crippen molar-refractivity contribution in [2.75, 3.05) is 19.7 Å². The summed E-state index contributed by atoms with van der Waals surface area (Å²) in [5, 5.41) is 8.89. The predicted molar refractivity (Wildman–Crippen MR) is 85.2 cm³/mol. The second-order valence-corrected chi connectivity index (χ2v) is 4.91. The fourth-order valence-corrected chi connectivity index (χ4v) is 2.28. The number of benzene rings is 2. The van der Waals surface area contributed by atoms with Crippen molar-refractivity contribution in [3.63, 3.8) is 0 Å². The number of carbonyl (C=O) groups excluding carboxylic acids is 1. The Kier molecular flexibility index (Phi) is 5.52. The lowest BCUT2D eigenvalue weighted by Crippen LogP contribution is -2.32. The van der Waals surface area contributed by atoms with Gasteiger partial charge in [-0.25, -0.2) is 0 Å². The molecule has 0 fully saturated rings. The molecule has 2 rings (SSSR count). The van der Waals surface area contributed by atoms with Crippen molar-refractivity contribution in [1.29, 1.82) is 0 Å². The minimum absolute atomic E-state index is 0.0190. The quantitative estimate of drug-likeness (QED) is 0.884. The SMILES string of the molecule is CCN(CCCO)C(=O)c1ccc(-c2ccccc2)cc1. The fraction of sp³-hybridized carbons (Fsp3) is 0.278. The third kappa shape index (κ3) is 3.92. The van der Waals surface area contributed by atoms with E-state index in [0.717, 1.165) is 11.1 Å². The summed E-state index contributed by atoms with van der Waals surface area (Å²) in [6.45, 7) is 3.30. The lowest BCUT2D eigenvalue weighted by molar-refractivity contribution is 0.0754. The van der Waals surface area contributed by atoms with Crippen LogP contribution in [0.4, 0.5) is 0 Å². The van der Waals surface area contributed by atoms with Gasteiger partial charge in [-0.1, -0.05) is 42.5 Å². The van der Waals surface area contributed by atoms with Crippen LogP contribution >= 0.6 is 0 Å². The average Bonchev–Trinajstić information content (AvgIpc) is 2.56. The number of hydrogen-bond acceptors (Lipinski definition) is 2. The van der Waals surface area contributed by atoms with E-state index in [-0.39, 0.29) is 12.5 Å². The van der Waals surface area contributed by atoms with E-state index in [1.807, 2.05) is 49.4 Å². The first kappa shape index (κ1) is 15.3. The van der Waals surface area contributed by atoms with Crippen LogP contribution in [0.15, 0.2) is 54.6 Å². The highest BCUT2D eigenvalue weighted by Gasteiger charge is 2.13. The van der Waals surface area contributed by atoms with Crippen LogP contribution in [0.3, 0.4) is 0 Å². The molecule has 0 spiro atoms. The van der Waals surface area contributed by atoms with E-state index in [0.29, 0.717) is 25.1 Å². The molecule has 0 unspecified atom stereocenters. The van der Waals surface area contributed by atoms with E-state index >= 15 is 0 Å². The third-order valence-corrected chi connectivity index (χ3v) is 3.49. The molecule has 3 nitrogen and oxygen atoms in total. The van der Waals surface area contributed by atoms with Crippen LogP contribution < -0.4 is 0 Å². The van der Waals surface area contributed by atoms with Crippen molar-refractivity contribution >= 4 is 5.91 Å². The number of amides is 1. The highest BCUT2D eigenvalue weighted by atomic mass is 16.3. The van der Waals surface area contributed by atoms with Crippen LogP contribution in [-0.2, 0) is 0 Å². The summed E-state index contributed by atoms with van der Waals surface area (Å²) in [6, 6.07) is 17.8. The third-order valence-electron chi connectivity index (χ3n) is 3.49. The molecular weight excluding hydrogens is 262 g/mol. The van der Waals surface area contributed by atoms with Gasteiger partial charge in [0.15, 0.2) is 0 Å². The van der Waals surface area contributed by atoms with Crippen LogP contribution in [0, 0.1) is 0 Å². The number of hydrogen-bond donors (Lipinski definition) is 1. The molecule has 0 aliphatic rings. The smallest absolute Gasteiger partial charge is 0.253 e. The van der Waals surface area contributed by atoms with E-state index in [1.54, 1.807) is 4.90 Å². The van der Waals surface area contributed by atoms with Gasteiger partial charge >= 0.3 is 0 Å². The summed E-state index contributed by atoms with van der Waals surface area (Å²) in [5.74, 6) is 0.0190. The second kappa shape index (κ2) is 7.60. The average molecular weight is 283 g/mol. The molecular formula is C18H21NO2. The Morgan fingerprint density at radius 2 is 1.62 bits per heavy atom. The van der Waals surface area contributed by atoms with E-state index in [2.05, 4.69) is 12.1 Å². The maximum absolute atomic E-state index is 12.4. The minimum atomic E-state index is 0.0190. The summed E-state index contributed by atoms with van der Waals surface area (Å²) in [6.07, 6.45) is 0.613. The molecule has 0 bridgehead atoms. The van der Waals surface area contributed by atoms with Gasteiger partial charge in [0.25, 0.3) is 5.91 Å². The molecule has 110 valence electrons. The first-order chi connectivity index (χ1) is 10.3. The first-order valence-electron chi connectivity index (χ1n) is 7.32. The van der Waals surface area contributed by atoms with E-state index in [1.165, 1.54) is 0 Å². The van der Waals surface area contributed by atoms with Gasteiger partial charge in [-0.05, 0) is 36.6 Å². The molecule has 3 heteroatoms. The summed E-state index contributed by atoms with van der Waals surface area (Å²) in [4.78, 5) is 14.1. The maximum Gasteiger partial charge on any atom is 0.253 e. The Balaban J connectivity index is 2.13. The van der Waals surface area contributed by atoms with Crippen molar-refractivity contribution in [2.24, 2.45) is 0 Å². The van der Waals surface area contributed by atoms with Crippen LogP contribution in [0.2, 0.25) is 0 Å². The van der Waals surface area contributed by atoms with Crippen molar-refractivity contribution in [3.05, 3.63) is 60.2 Å². The highest BCUT2D eigenvalue weighted by Crippen LogP contribution is 2.19. The Bertz CT molecular complexity index is 564. The standard InChI is InChI=1S/C18H21NO2/c1-2-19(13-6-14-20)18(21)17-11-9-16(10-12-17)15-7-4-3-5-8-15/h3-5,7-12,20H,2,6,13-14H2,1H3. The van der Waals surface area contributed by atoms with Gasteiger partial charge in [-0.3, -0.25) is 4.79 Å². The highest BCUT2D eigenvalue weighted by molar-refractivity contribution is 5.94. The molecule has 0 saturated carbocycles. The van der Waals surface area contributed by atoms with Crippen molar-refractivity contribution in [2.45, 2.75) is 13.3 Å². The topological polar surface area (TPSA) is 40.5 Å². The molecule has 0 aromatic heterocycles. The first-order valence-corrected chi connectivity index (χ1v) is 7.32. The van der Waals surface area contributed by atoms with Gasteiger partial charge in [0.05, 0.1) is 0 Å². The number of aliphatic hydroxyl groups excluding tert-OH is 1. The summed E-state index contributed by atoms with van der Waals surface area (Å²) in [7, 11) is 0.